The molecule has 0 atom stereocenters. The molecule has 2 aromatic carbocycles. The molecule has 0 unspecified atom stereocenters. The highest BCUT2D eigenvalue weighted by atomic mass is 32.2. The summed E-state index contributed by atoms with van der Waals surface area (Å²) in [6.07, 6.45) is 0. The minimum atomic E-state index is -3.47. The number of aryl methyl sites for hydroxylation is 3. The Bertz CT molecular complexity index is 947. The Labute approximate surface area is 167 Å². The van der Waals surface area contributed by atoms with Crippen LogP contribution >= 0.6 is 0 Å². The van der Waals surface area contributed by atoms with Crippen LogP contribution in [0, 0.1) is 20.8 Å². The smallest absolute Gasteiger partial charge is 0.279 e. The minimum absolute atomic E-state index is 0.0446. The number of sulfonamides is 1. The first-order valence-electron chi connectivity index (χ1n) is 9.53. The Hall–Kier alpha value is -2.22. The normalized spacial score (nSPS) is 16.1. The predicted molar refractivity (Wildman–Crippen MR) is 110 cm³/mol. The van der Waals surface area contributed by atoms with Gasteiger partial charge in [0.05, 0.1) is 31.1 Å². The molecule has 1 aliphatic rings. The number of rotatable bonds is 5. The Balaban J connectivity index is 1.55. The third kappa shape index (κ3) is 4.79. The van der Waals surface area contributed by atoms with Crippen LogP contribution in [0.2, 0.25) is 0 Å². The average molecular weight is 403 g/mol. The van der Waals surface area contributed by atoms with E-state index in [0.29, 0.717) is 37.6 Å². The predicted octanol–water partition coefficient (Wildman–Crippen LogP) is 1.14. The molecule has 150 valence electrons. The van der Waals surface area contributed by atoms with Crippen LogP contribution in [-0.4, -0.2) is 51.4 Å². The van der Waals surface area contributed by atoms with Crippen LogP contribution in [0.4, 0.5) is 5.69 Å². The number of carbonyl (C=O) groups is 1. The molecule has 0 bridgehead atoms. The zero-order chi connectivity index (χ0) is 20.3. The standard InChI is InChI=1S/C21H27N3O3S/c1-16-4-7-19(8-5-16)28(26,27)24-12-10-23(11-13-24)15-21(25)22-20-9-6-17(2)14-18(20)3/h4-9,14H,10-13,15H2,1-3H3,(H,22,25)/p+1. The van der Waals surface area contributed by atoms with E-state index in [1.54, 1.807) is 12.1 Å². The van der Waals surface area contributed by atoms with E-state index in [2.05, 4.69) is 5.32 Å². The van der Waals surface area contributed by atoms with Crippen molar-refractivity contribution in [3.8, 4) is 0 Å². The lowest BCUT2D eigenvalue weighted by Gasteiger charge is -2.31. The lowest BCUT2D eigenvalue weighted by atomic mass is 10.1. The number of nitrogens with one attached hydrogen (secondary N) is 2. The average Bonchev–Trinajstić information content (AvgIpc) is 2.65. The fraction of sp³-hybridized carbons (Fsp3) is 0.381. The number of hydrogen-bond acceptors (Lipinski definition) is 3. The quantitative estimate of drug-likeness (QED) is 0.788. The summed E-state index contributed by atoms with van der Waals surface area (Å²) in [4.78, 5) is 13.8. The number of anilines is 1. The van der Waals surface area contributed by atoms with Gasteiger partial charge in [0.2, 0.25) is 10.0 Å². The van der Waals surface area contributed by atoms with E-state index in [9.17, 15) is 13.2 Å². The zero-order valence-electron chi connectivity index (χ0n) is 16.7. The van der Waals surface area contributed by atoms with Crippen LogP contribution in [-0.2, 0) is 14.8 Å². The van der Waals surface area contributed by atoms with Gasteiger partial charge in [-0.05, 0) is 44.5 Å². The van der Waals surface area contributed by atoms with E-state index in [-0.39, 0.29) is 5.91 Å². The maximum Gasteiger partial charge on any atom is 0.279 e. The van der Waals surface area contributed by atoms with E-state index in [4.69, 9.17) is 0 Å². The number of nitrogens with zero attached hydrogens (tertiary/aromatic N) is 1. The highest BCUT2D eigenvalue weighted by Gasteiger charge is 2.31. The molecule has 0 saturated carbocycles. The van der Waals surface area contributed by atoms with Crippen molar-refractivity contribution in [2.24, 2.45) is 0 Å². The second-order valence-electron chi connectivity index (χ2n) is 7.51. The van der Waals surface area contributed by atoms with Gasteiger partial charge in [0, 0.05) is 5.69 Å². The maximum atomic E-state index is 12.8. The van der Waals surface area contributed by atoms with Gasteiger partial charge in [0.1, 0.15) is 0 Å². The summed E-state index contributed by atoms with van der Waals surface area (Å²) in [5, 5.41) is 2.97. The second kappa shape index (κ2) is 8.43. The Kier molecular flexibility index (Phi) is 6.17. The van der Waals surface area contributed by atoms with Crippen LogP contribution < -0.4 is 10.2 Å². The van der Waals surface area contributed by atoms with Crippen LogP contribution in [0.15, 0.2) is 47.4 Å². The molecule has 1 amide bonds. The van der Waals surface area contributed by atoms with Gasteiger partial charge in [-0.25, -0.2) is 8.42 Å². The summed E-state index contributed by atoms with van der Waals surface area (Å²) in [6, 6.07) is 12.9. The molecule has 2 N–H and O–H groups in total. The van der Waals surface area contributed by atoms with Crippen LogP contribution in [0.25, 0.3) is 0 Å². The summed E-state index contributed by atoms with van der Waals surface area (Å²) in [6.45, 7) is 8.34. The lowest BCUT2D eigenvalue weighted by molar-refractivity contribution is -0.895. The third-order valence-corrected chi connectivity index (χ3v) is 7.07. The van der Waals surface area contributed by atoms with Crippen LogP contribution in [0.5, 0.6) is 0 Å². The number of hydrogen-bond donors (Lipinski definition) is 2. The Morgan fingerprint density at radius 1 is 1.00 bits per heavy atom. The molecule has 0 spiro atoms. The fourth-order valence-corrected chi connectivity index (χ4v) is 4.90. The first-order valence-corrected chi connectivity index (χ1v) is 11.0. The van der Waals surface area contributed by atoms with Crippen molar-refractivity contribution in [1.82, 2.24) is 4.31 Å². The molecular weight excluding hydrogens is 374 g/mol. The molecule has 6 nitrogen and oxygen atoms in total. The minimum Gasteiger partial charge on any atom is -0.325 e. The van der Waals surface area contributed by atoms with Gasteiger partial charge in [-0.1, -0.05) is 35.4 Å². The largest absolute Gasteiger partial charge is 0.325 e. The summed E-state index contributed by atoms with van der Waals surface area (Å²) < 4.78 is 27.1. The van der Waals surface area contributed by atoms with E-state index in [0.717, 1.165) is 27.3 Å². The van der Waals surface area contributed by atoms with Gasteiger partial charge < -0.3 is 10.2 Å². The summed E-state index contributed by atoms with van der Waals surface area (Å²) in [5.41, 5.74) is 4.06. The molecule has 3 rings (SSSR count). The molecule has 2 aromatic rings. The van der Waals surface area contributed by atoms with Crippen molar-refractivity contribution in [3.05, 3.63) is 59.2 Å². The van der Waals surface area contributed by atoms with Gasteiger partial charge in [-0.3, -0.25) is 4.79 Å². The summed E-state index contributed by atoms with van der Waals surface area (Å²) in [7, 11) is -3.47. The highest BCUT2D eigenvalue weighted by Crippen LogP contribution is 2.17. The molecule has 0 aromatic heterocycles. The fourth-order valence-electron chi connectivity index (χ4n) is 3.45. The number of carbonyl (C=O) groups excluding carboxylic acids is 1. The van der Waals surface area contributed by atoms with Crippen molar-refractivity contribution in [1.29, 1.82) is 0 Å². The van der Waals surface area contributed by atoms with Crippen molar-refractivity contribution >= 4 is 21.6 Å². The number of benzene rings is 2. The van der Waals surface area contributed by atoms with Crippen LogP contribution in [0.3, 0.4) is 0 Å². The third-order valence-electron chi connectivity index (χ3n) is 5.15. The van der Waals surface area contributed by atoms with Crippen molar-refractivity contribution in [2.75, 3.05) is 38.0 Å². The van der Waals surface area contributed by atoms with Gasteiger partial charge in [-0.15, -0.1) is 0 Å². The summed E-state index contributed by atoms with van der Waals surface area (Å²) >= 11 is 0. The zero-order valence-corrected chi connectivity index (χ0v) is 17.5. The van der Waals surface area contributed by atoms with Gasteiger partial charge in [0.15, 0.2) is 6.54 Å². The van der Waals surface area contributed by atoms with Crippen molar-refractivity contribution in [2.45, 2.75) is 25.7 Å². The molecule has 1 heterocycles. The van der Waals surface area contributed by atoms with Crippen LogP contribution in [0.1, 0.15) is 16.7 Å². The molecule has 1 saturated heterocycles. The molecule has 0 radical (unpaired) electrons. The van der Waals surface area contributed by atoms with E-state index in [1.165, 1.54) is 4.31 Å². The molecule has 28 heavy (non-hydrogen) atoms. The lowest BCUT2D eigenvalue weighted by Crippen LogP contribution is -3.15. The van der Waals surface area contributed by atoms with E-state index >= 15 is 0 Å². The Morgan fingerprint density at radius 2 is 1.61 bits per heavy atom. The first-order chi connectivity index (χ1) is 13.3. The van der Waals surface area contributed by atoms with Gasteiger partial charge in [0.25, 0.3) is 5.91 Å². The van der Waals surface area contributed by atoms with Gasteiger partial charge >= 0.3 is 0 Å². The highest BCUT2D eigenvalue weighted by molar-refractivity contribution is 7.89. The maximum absolute atomic E-state index is 12.8. The molecular formula is C21H28N3O3S+. The number of piperazine rings is 1. The number of quaternary nitrogens is 1. The molecule has 1 aliphatic heterocycles. The van der Waals surface area contributed by atoms with E-state index < -0.39 is 10.0 Å². The molecule has 0 aliphatic carbocycles. The number of amides is 1. The first kappa shape index (κ1) is 20.5. The molecule has 7 heteroatoms. The monoisotopic (exact) mass is 402 g/mol. The SMILES string of the molecule is Cc1ccc(S(=O)(=O)N2CC[NH+](CC(=O)Nc3ccc(C)cc3C)CC2)cc1. The van der Waals surface area contributed by atoms with Gasteiger partial charge in [-0.2, -0.15) is 4.31 Å². The second-order valence-corrected chi connectivity index (χ2v) is 9.45. The summed E-state index contributed by atoms with van der Waals surface area (Å²) in [5.74, 6) is -0.0446. The van der Waals surface area contributed by atoms with E-state index in [1.807, 2.05) is 51.1 Å². The van der Waals surface area contributed by atoms with Crippen molar-refractivity contribution in [3.63, 3.8) is 0 Å². The van der Waals surface area contributed by atoms with Crippen molar-refractivity contribution < 1.29 is 18.1 Å². The topological polar surface area (TPSA) is 70.9 Å². The Morgan fingerprint density at radius 3 is 2.21 bits per heavy atom. The molecule has 1 fully saturated rings.